The fraction of sp³-hybridized carbons (Fsp3) is 0.333. The summed E-state index contributed by atoms with van der Waals surface area (Å²) in [5, 5.41) is 0.861. The number of carbonyl (C=O) groups is 2. The summed E-state index contributed by atoms with van der Waals surface area (Å²) >= 11 is 0.195. The third kappa shape index (κ3) is 4.03. The number of hydrogen-bond donors (Lipinski definition) is 0. The monoisotopic (exact) mass is 458 g/mol. The fourth-order valence-corrected chi connectivity index (χ4v) is 6.35. The van der Waals surface area contributed by atoms with Crippen molar-refractivity contribution >= 4 is 36.9 Å². The molecule has 0 aromatic heterocycles. The van der Waals surface area contributed by atoms with Crippen LogP contribution in [0.4, 0.5) is 0 Å². The topological polar surface area (TPSA) is 52.6 Å². The first kappa shape index (κ1) is 21.4. The number of carbonyl (C=O) groups excluding carboxylic acids is 2. The molecule has 1 unspecified atom stereocenters. The molecule has 0 fully saturated rings. The van der Waals surface area contributed by atoms with E-state index < -0.39 is 17.4 Å². The zero-order chi connectivity index (χ0) is 21.1. The van der Waals surface area contributed by atoms with Gasteiger partial charge in [0.05, 0.1) is 0 Å². The van der Waals surface area contributed by atoms with Gasteiger partial charge < -0.3 is 0 Å². The molecule has 0 saturated heterocycles. The van der Waals surface area contributed by atoms with E-state index in [0.29, 0.717) is 6.42 Å². The molecule has 0 heterocycles. The van der Waals surface area contributed by atoms with E-state index in [-0.39, 0.29) is 20.4 Å². The van der Waals surface area contributed by atoms with Crippen molar-refractivity contribution in [2.45, 2.75) is 25.6 Å². The maximum atomic E-state index is 12.8. The molecule has 1 atom stereocenters. The van der Waals surface area contributed by atoms with Crippen LogP contribution in [0.25, 0.3) is 5.57 Å². The molecule has 3 rings (SSSR count). The van der Waals surface area contributed by atoms with Crippen LogP contribution in [0.2, 0.25) is 5.32 Å². The van der Waals surface area contributed by atoms with E-state index in [1.54, 1.807) is 6.08 Å². The average Bonchev–Trinajstić information content (AvgIpc) is 3.07. The van der Waals surface area contributed by atoms with Gasteiger partial charge in [0.2, 0.25) is 0 Å². The van der Waals surface area contributed by atoms with Gasteiger partial charge in [-0.1, -0.05) is 0 Å². The molecule has 5 heteroatoms. The molecule has 1 aliphatic rings. The van der Waals surface area contributed by atoms with E-state index >= 15 is 0 Å². The summed E-state index contributed by atoms with van der Waals surface area (Å²) in [6, 6.07) is 18.4. The Kier molecular flexibility index (Phi) is 6.30. The number of methoxy groups -OCH3 is 2. The summed E-state index contributed by atoms with van der Waals surface area (Å²) in [6.07, 6.45) is 2.14. The number of allylic oxidation sites excluding steroid dienone is 1. The Hall–Kier alpha value is -2.36. The summed E-state index contributed by atoms with van der Waals surface area (Å²) < 4.78 is 11.4. The van der Waals surface area contributed by atoms with Crippen molar-refractivity contribution in [3.05, 3.63) is 71.8 Å². The molecular formula is C24H26O4Se. The molecule has 0 radical (unpaired) electrons. The van der Waals surface area contributed by atoms with Gasteiger partial charge in [0.15, 0.2) is 0 Å². The van der Waals surface area contributed by atoms with Gasteiger partial charge in [0.25, 0.3) is 0 Å². The van der Waals surface area contributed by atoms with Crippen LogP contribution in [0.5, 0.6) is 0 Å². The Morgan fingerprint density at radius 3 is 2.14 bits per heavy atom. The Morgan fingerprint density at radius 1 is 0.966 bits per heavy atom. The zero-order valence-electron chi connectivity index (χ0n) is 17.2. The van der Waals surface area contributed by atoms with E-state index in [4.69, 9.17) is 9.47 Å². The number of aryl methyl sites for hydroxylation is 1. The molecule has 152 valence electrons. The molecule has 0 saturated carbocycles. The van der Waals surface area contributed by atoms with Crippen molar-refractivity contribution < 1.29 is 19.1 Å². The van der Waals surface area contributed by atoms with Gasteiger partial charge in [-0.2, -0.15) is 0 Å². The maximum absolute atomic E-state index is 12.8. The van der Waals surface area contributed by atoms with E-state index in [1.807, 2.05) is 30.3 Å². The van der Waals surface area contributed by atoms with Crippen molar-refractivity contribution in [3.63, 3.8) is 0 Å². The van der Waals surface area contributed by atoms with Crippen LogP contribution in [0.3, 0.4) is 0 Å². The third-order valence-electron chi connectivity index (χ3n) is 5.55. The van der Waals surface area contributed by atoms with Crippen molar-refractivity contribution in [1.29, 1.82) is 0 Å². The second kappa shape index (κ2) is 8.56. The molecule has 0 spiro atoms. The average molecular weight is 457 g/mol. The first-order chi connectivity index (χ1) is 13.9. The Morgan fingerprint density at radius 2 is 1.55 bits per heavy atom. The molecule has 0 amide bonds. The van der Waals surface area contributed by atoms with E-state index in [2.05, 4.69) is 38.1 Å². The van der Waals surface area contributed by atoms with Crippen molar-refractivity contribution in [1.82, 2.24) is 0 Å². The van der Waals surface area contributed by atoms with Crippen LogP contribution < -0.4 is 4.46 Å². The normalized spacial score (nSPS) is 20.1. The van der Waals surface area contributed by atoms with Crippen LogP contribution >= 0.6 is 0 Å². The molecular weight excluding hydrogens is 431 g/mol. The van der Waals surface area contributed by atoms with E-state index in [1.165, 1.54) is 18.7 Å². The second-order valence-corrected chi connectivity index (χ2v) is 9.87. The molecule has 0 N–H and O–H groups in total. The summed E-state index contributed by atoms with van der Waals surface area (Å²) in [6.45, 7) is 4.19. The van der Waals surface area contributed by atoms with Crippen LogP contribution in [-0.2, 0) is 19.1 Å². The summed E-state index contributed by atoms with van der Waals surface area (Å²) in [4.78, 5) is 25.6. The summed E-state index contributed by atoms with van der Waals surface area (Å²) in [5.74, 6) is -1.13. The molecule has 0 bridgehead atoms. The van der Waals surface area contributed by atoms with Crippen LogP contribution in [0.1, 0.15) is 24.5 Å². The molecule has 0 aliphatic heterocycles. The van der Waals surface area contributed by atoms with Crippen LogP contribution in [0.15, 0.2) is 60.7 Å². The Labute approximate surface area is 178 Å². The molecule has 4 nitrogen and oxygen atoms in total. The second-order valence-electron chi connectivity index (χ2n) is 7.67. The number of esters is 2. The number of hydrogen-bond acceptors (Lipinski definition) is 4. The predicted molar refractivity (Wildman–Crippen MR) is 115 cm³/mol. The number of rotatable bonds is 6. The molecule has 1 aliphatic carbocycles. The van der Waals surface area contributed by atoms with Crippen LogP contribution in [-0.4, -0.2) is 41.1 Å². The minimum atomic E-state index is -1.41. The third-order valence-corrected chi connectivity index (χ3v) is 8.46. The summed E-state index contributed by atoms with van der Waals surface area (Å²) in [7, 11) is 2.63. The van der Waals surface area contributed by atoms with Gasteiger partial charge in [0.1, 0.15) is 0 Å². The number of benzene rings is 2. The Bertz CT molecular complexity index is 919. The van der Waals surface area contributed by atoms with Crippen molar-refractivity contribution in [3.8, 4) is 0 Å². The van der Waals surface area contributed by atoms with Gasteiger partial charge >= 0.3 is 178 Å². The first-order valence-corrected chi connectivity index (χ1v) is 11.6. The molecule has 2 aromatic carbocycles. The minimum absolute atomic E-state index is 0.195. The standard InChI is InChI=1S/C24H26O4Se/c1-17-10-8-9-13-19(17)20-14-24(21(25)27-3,22(26)28-4)15-23(20,2)16-29-18-11-6-5-7-12-18/h5-14H,15-16H2,1-4H3. The molecule has 2 aromatic rings. The van der Waals surface area contributed by atoms with Crippen LogP contribution in [0, 0.1) is 17.8 Å². The predicted octanol–water partition coefficient (Wildman–Crippen LogP) is 3.57. The van der Waals surface area contributed by atoms with Gasteiger partial charge in [-0.05, 0) is 0 Å². The first-order valence-electron chi connectivity index (χ1n) is 9.50. The molecule has 29 heavy (non-hydrogen) atoms. The van der Waals surface area contributed by atoms with Crippen molar-refractivity contribution in [2.24, 2.45) is 10.8 Å². The Balaban J connectivity index is 2.09. The van der Waals surface area contributed by atoms with Gasteiger partial charge in [-0.3, -0.25) is 0 Å². The number of ether oxygens (including phenoxy) is 2. The fourth-order valence-electron chi connectivity index (χ4n) is 4.06. The SMILES string of the molecule is COC(=O)C1(C(=O)OC)C=C(c2ccccc2C)C(C)(C[Se]c2ccccc2)C1. The quantitative estimate of drug-likeness (QED) is 0.378. The zero-order valence-corrected chi connectivity index (χ0v) is 18.9. The summed E-state index contributed by atoms with van der Waals surface area (Å²) in [5.41, 5.74) is 1.42. The van der Waals surface area contributed by atoms with Crippen molar-refractivity contribution in [2.75, 3.05) is 14.2 Å². The van der Waals surface area contributed by atoms with Gasteiger partial charge in [-0.15, -0.1) is 0 Å². The van der Waals surface area contributed by atoms with E-state index in [0.717, 1.165) is 22.0 Å². The van der Waals surface area contributed by atoms with Gasteiger partial charge in [-0.25, -0.2) is 0 Å². The van der Waals surface area contributed by atoms with E-state index in [9.17, 15) is 9.59 Å². The van der Waals surface area contributed by atoms with Gasteiger partial charge in [0, 0.05) is 0 Å².